The highest BCUT2D eigenvalue weighted by atomic mass is 35.5. The summed E-state index contributed by atoms with van der Waals surface area (Å²) in [7, 11) is 0. The van der Waals surface area contributed by atoms with Gasteiger partial charge >= 0.3 is 6.03 Å². The third-order valence-electron chi connectivity index (χ3n) is 6.93. The number of aryl methyl sites for hydroxylation is 1. The molecule has 1 aliphatic rings. The molecule has 0 spiro atoms. The number of fused-ring (bicyclic) bond motifs is 3. The Kier molecular flexibility index (Phi) is 6.59. The first kappa shape index (κ1) is 24.8. The molecule has 2 aromatic heterocycles. The second-order valence-corrected chi connectivity index (χ2v) is 9.85. The number of carbonyl (C=O) groups excluding carboxylic acids is 1. The van der Waals surface area contributed by atoms with Crippen LogP contribution in [-0.4, -0.2) is 31.9 Å². The molecule has 196 valence electrons. The molecule has 3 aromatic carbocycles. The highest BCUT2D eigenvalue weighted by Crippen LogP contribution is 2.39. The lowest BCUT2D eigenvalue weighted by Crippen LogP contribution is -2.38. The quantitative estimate of drug-likeness (QED) is 0.259. The summed E-state index contributed by atoms with van der Waals surface area (Å²) in [4.78, 5) is 15.9. The Morgan fingerprint density at radius 3 is 2.56 bits per heavy atom. The molecule has 1 aliphatic heterocycles. The molecule has 0 radical (unpaired) electrons. The van der Waals surface area contributed by atoms with E-state index in [0.29, 0.717) is 23.9 Å². The van der Waals surface area contributed by atoms with Crippen LogP contribution in [0, 0.1) is 6.92 Å². The zero-order chi connectivity index (χ0) is 26.9. The number of carbonyl (C=O) groups is 1. The van der Waals surface area contributed by atoms with Gasteiger partial charge in [0.15, 0.2) is 0 Å². The Labute approximate surface area is 232 Å². The minimum Gasteiger partial charge on any atom is -0.494 e. The van der Waals surface area contributed by atoms with Gasteiger partial charge in [-0.15, -0.1) is 0 Å². The number of halogens is 1. The van der Waals surface area contributed by atoms with Crippen molar-refractivity contribution in [1.82, 2.24) is 19.2 Å². The monoisotopic (exact) mass is 537 g/mol. The normalized spacial score (nSPS) is 14.3. The first-order valence-corrected chi connectivity index (χ1v) is 13.3. The van der Waals surface area contributed by atoms with Gasteiger partial charge in [-0.3, -0.25) is 0 Å². The standard InChI is InChI=1S/C31H28ClN5O2/c1-3-39-26-16-14-24(15-17-26)33-31(38)36-20-27-21(2)34-37(25-11-5-4-6-12-25)30(27)35-18-8-13-28(35)29(36)22-9-7-10-23(32)19-22/h4-19,29H,3,20H2,1-2H3,(H,33,38)/t29-/m1/s1. The predicted octanol–water partition coefficient (Wildman–Crippen LogP) is 7.16. The van der Waals surface area contributed by atoms with Crippen molar-refractivity contribution >= 4 is 23.3 Å². The number of anilines is 1. The third kappa shape index (κ3) is 4.66. The highest BCUT2D eigenvalue weighted by Gasteiger charge is 2.36. The van der Waals surface area contributed by atoms with E-state index in [1.807, 2.05) is 115 Å². The largest absolute Gasteiger partial charge is 0.494 e. The Morgan fingerprint density at radius 1 is 1.03 bits per heavy atom. The van der Waals surface area contributed by atoms with E-state index in [-0.39, 0.29) is 6.03 Å². The van der Waals surface area contributed by atoms with Gasteiger partial charge in [-0.2, -0.15) is 5.10 Å². The number of benzene rings is 3. The molecule has 0 aliphatic carbocycles. The number of hydrogen-bond acceptors (Lipinski definition) is 3. The molecule has 0 bridgehead atoms. The van der Waals surface area contributed by atoms with E-state index >= 15 is 0 Å². The van der Waals surface area contributed by atoms with Gasteiger partial charge in [0.1, 0.15) is 11.6 Å². The van der Waals surface area contributed by atoms with Crippen LogP contribution >= 0.6 is 11.6 Å². The van der Waals surface area contributed by atoms with E-state index in [2.05, 4.69) is 16.0 Å². The smallest absolute Gasteiger partial charge is 0.322 e. The Bertz CT molecular complexity index is 1620. The molecular weight excluding hydrogens is 510 g/mol. The first-order valence-electron chi connectivity index (χ1n) is 12.9. The van der Waals surface area contributed by atoms with Crippen molar-refractivity contribution in [3.8, 4) is 17.3 Å². The molecule has 7 nitrogen and oxygen atoms in total. The average Bonchev–Trinajstić information content (AvgIpc) is 3.50. The summed E-state index contributed by atoms with van der Waals surface area (Å²) in [6.07, 6.45) is 2.03. The maximum Gasteiger partial charge on any atom is 0.322 e. The molecule has 6 rings (SSSR count). The van der Waals surface area contributed by atoms with Gasteiger partial charge in [-0.25, -0.2) is 9.48 Å². The van der Waals surface area contributed by atoms with Gasteiger partial charge in [0, 0.05) is 22.5 Å². The molecule has 3 heterocycles. The molecular formula is C31H28ClN5O2. The average molecular weight is 538 g/mol. The minimum absolute atomic E-state index is 0.225. The lowest BCUT2D eigenvalue weighted by molar-refractivity contribution is 0.194. The Hall–Kier alpha value is -4.49. The number of hydrogen-bond donors (Lipinski definition) is 1. The van der Waals surface area contributed by atoms with Crippen LogP contribution in [0.1, 0.15) is 35.5 Å². The van der Waals surface area contributed by atoms with Crippen molar-refractivity contribution in [2.24, 2.45) is 0 Å². The van der Waals surface area contributed by atoms with E-state index in [9.17, 15) is 4.79 Å². The molecule has 0 unspecified atom stereocenters. The summed E-state index contributed by atoms with van der Waals surface area (Å²) >= 11 is 6.45. The van der Waals surface area contributed by atoms with Gasteiger partial charge in [-0.1, -0.05) is 41.9 Å². The van der Waals surface area contributed by atoms with Gasteiger partial charge in [0.05, 0.1) is 36.3 Å². The van der Waals surface area contributed by atoms with Crippen molar-refractivity contribution in [3.05, 3.63) is 125 Å². The van der Waals surface area contributed by atoms with E-state index in [1.165, 1.54) is 0 Å². The van der Waals surface area contributed by atoms with E-state index in [0.717, 1.165) is 39.8 Å². The zero-order valence-corrected chi connectivity index (χ0v) is 22.5. The van der Waals surface area contributed by atoms with E-state index in [1.54, 1.807) is 0 Å². The Morgan fingerprint density at radius 2 is 1.82 bits per heavy atom. The lowest BCUT2D eigenvalue weighted by Gasteiger charge is -2.31. The van der Waals surface area contributed by atoms with Crippen molar-refractivity contribution in [2.45, 2.75) is 26.4 Å². The number of nitrogens with one attached hydrogen (secondary N) is 1. The van der Waals surface area contributed by atoms with Crippen LogP contribution < -0.4 is 10.1 Å². The maximum atomic E-state index is 14.0. The van der Waals surface area contributed by atoms with Crippen LogP contribution in [0.3, 0.4) is 0 Å². The summed E-state index contributed by atoms with van der Waals surface area (Å²) in [5.41, 5.74) is 5.33. The number of urea groups is 1. The third-order valence-corrected chi connectivity index (χ3v) is 7.16. The predicted molar refractivity (Wildman–Crippen MR) is 153 cm³/mol. The van der Waals surface area contributed by atoms with Crippen molar-refractivity contribution in [3.63, 3.8) is 0 Å². The van der Waals surface area contributed by atoms with Crippen LogP contribution in [0.5, 0.6) is 5.75 Å². The summed E-state index contributed by atoms with van der Waals surface area (Å²) in [6, 6.07) is 28.6. The second kappa shape index (κ2) is 10.3. The zero-order valence-electron chi connectivity index (χ0n) is 21.7. The number of nitrogens with zero attached hydrogens (tertiary/aromatic N) is 4. The van der Waals surface area contributed by atoms with Crippen molar-refractivity contribution in [1.29, 1.82) is 0 Å². The van der Waals surface area contributed by atoms with Crippen LogP contribution in [0.2, 0.25) is 5.02 Å². The minimum atomic E-state index is -0.391. The van der Waals surface area contributed by atoms with Crippen LogP contribution in [0.15, 0.2) is 97.2 Å². The topological polar surface area (TPSA) is 64.3 Å². The van der Waals surface area contributed by atoms with Crippen molar-refractivity contribution in [2.75, 3.05) is 11.9 Å². The summed E-state index contributed by atoms with van der Waals surface area (Å²) in [6.45, 7) is 4.87. The number of amides is 2. The molecule has 2 amide bonds. The number of rotatable bonds is 5. The van der Waals surface area contributed by atoms with Gasteiger partial charge < -0.3 is 19.5 Å². The molecule has 1 N–H and O–H groups in total. The first-order chi connectivity index (χ1) is 19.0. The van der Waals surface area contributed by atoms with Gasteiger partial charge in [0.25, 0.3) is 0 Å². The van der Waals surface area contributed by atoms with Crippen LogP contribution in [0.25, 0.3) is 11.5 Å². The molecule has 39 heavy (non-hydrogen) atoms. The van der Waals surface area contributed by atoms with Gasteiger partial charge in [-0.05, 0) is 80.1 Å². The van der Waals surface area contributed by atoms with Crippen LogP contribution in [0.4, 0.5) is 10.5 Å². The van der Waals surface area contributed by atoms with Crippen molar-refractivity contribution < 1.29 is 9.53 Å². The molecule has 0 fully saturated rings. The molecule has 1 atom stereocenters. The number of aromatic nitrogens is 3. The fourth-order valence-corrected chi connectivity index (χ4v) is 5.37. The van der Waals surface area contributed by atoms with E-state index < -0.39 is 6.04 Å². The second-order valence-electron chi connectivity index (χ2n) is 9.41. The number of ether oxygens (including phenoxy) is 1. The summed E-state index contributed by atoms with van der Waals surface area (Å²) in [5.74, 6) is 1.68. The fourth-order valence-electron chi connectivity index (χ4n) is 5.17. The Balaban J connectivity index is 1.48. The molecule has 5 aromatic rings. The molecule has 8 heteroatoms. The van der Waals surface area contributed by atoms with Crippen LogP contribution in [-0.2, 0) is 6.54 Å². The van der Waals surface area contributed by atoms with Gasteiger partial charge in [0.2, 0.25) is 0 Å². The summed E-state index contributed by atoms with van der Waals surface area (Å²) < 4.78 is 9.65. The number of para-hydroxylation sites is 1. The fraction of sp³-hybridized carbons (Fsp3) is 0.161. The van der Waals surface area contributed by atoms with E-state index in [4.69, 9.17) is 21.4 Å². The SMILES string of the molecule is CCOc1ccc(NC(=O)N2Cc3c(C)nn(-c4ccccc4)c3-n3cccc3[C@H]2c2cccc(Cl)c2)cc1. The lowest BCUT2D eigenvalue weighted by atomic mass is 10.0. The summed E-state index contributed by atoms with van der Waals surface area (Å²) in [5, 5.41) is 8.62. The molecule has 0 saturated carbocycles. The maximum absolute atomic E-state index is 14.0. The molecule has 0 saturated heterocycles. The highest BCUT2D eigenvalue weighted by molar-refractivity contribution is 6.30.